The summed E-state index contributed by atoms with van der Waals surface area (Å²) in [6.07, 6.45) is 9.61. The lowest BCUT2D eigenvalue weighted by molar-refractivity contribution is -0.143. The Morgan fingerprint density at radius 3 is 2.06 bits per heavy atom. The van der Waals surface area contributed by atoms with Gasteiger partial charge in [-0.15, -0.1) is 0 Å². The molecule has 3 fully saturated rings. The summed E-state index contributed by atoms with van der Waals surface area (Å²) in [5.41, 5.74) is 0.784. The third kappa shape index (κ3) is 6.49. The average molecular weight is 455 g/mol. The molecule has 1 aromatic rings. The molecule has 7 nitrogen and oxygen atoms in total. The van der Waals surface area contributed by atoms with Crippen LogP contribution in [0, 0.1) is 11.8 Å². The average Bonchev–Trinajstić information content (AvgIpc) is 2.88. The Labute approximate surface area is 197 Å². The molecule has 1 aliphatic carbocycles. The molecule has 2 heterocycles. The van der Waals surface area contributed by atoms with Crippen LogP contribution in [0.2, 0.25) is 0 Å². The third-order valence-electron chi connectivity index (χ3n) is 7.59. The first kappa shape index (κ1) is 23.6. The second-order valence-corrected chi connectivity index (χ2v) is 9.81. The van der Waals surface area contributed by atoms with Crippen LogP contribution in [0.1, 0.15) is 57.8 Å². The maximum absolute atomic E-state index is 13.0. The van der Waals surface area contributed by atoms with Gasteiger partial charge in [-0.1, -0.05) is 50.3 Å². The monoisotopic (exact) mass is 454 g/mol. The summed E-state index contributed by atoms with van der Waals surface area (Å²) >= 11 is 0. The van der Waals surface area contributed by atoms with Crippen LogP contribution < -0.4 is 5.32 Å². The summed E-state index contributed by atoms with van der Waals surface area (Å²) in [5, 5.41) is 2.92. The lowest BCUT2D eigenvalue weighted by Gasteiger charge is -2.38. The number of carbonyl (C=O) groups excluding carboxylic acids is 3. The van der Waals surface area contributed by atoms with Gasteiger partial charge >= 0.3 is 6.03 Å². The van der Waals surface area contributed by atoms with Crippen molar-refractivity contribution in [1.82, 2.24) is 14.7 Å². The largest absolute Gasteiger partial charge is 0.339 e. The van der Waals surface area contributed by atoms with Crippen LogP contribution in [0.5, 0.6) is 0 Å². The van der Waals surface area contributed by atoms with Crippen molar-refractivity contribution in [3.05, 3.63) is 30.3 Å². The lowest BCUT2D eigenvalue weighted by atomic mass is 9.86. The van der Waals surface area contributed by atoms with Gasteiger partial charge in [-0.3, -0.25) is 9.59 Å². The fraction of sp³-hybridized carbons (Fsp3) is 0.654. The molecule has 180 valence electrons. The van der Waals surface area contributed by atoms with Crippen LogP contribution in [0.25, 0.3) is 0 Å². The minimum atomic E-state index is -0.104. The van der Waals surface area contributed by atoms with Gasteiger partial charge in [-0.25, -0.2) is 4.79 Å². The van der Waals surface area contributed by atoms with Gasteiger partial charge in [0.1, 0.15) is 0 Å². The molecular formula is C26H38N4O3. The van der Waals surface area contributed by atoms with Crippen molar-refractivity contribution in [3.63, 3.8) is 0 Å². The highest BCUT2D eigenvalue weighted by molar-refractivity contribution is 5.89. The zero-order chi connectivity index (χ0) is 23.0. The normalized spacial score (nSPS) is 20.5. The van der Waals surface area contributed by atoms with Crippen molar-refractivity contribution < 1.29 is 14.4 Å². The number of nitrogens with zero attached hydrogens (tertiary/aromatic N) is 3. The molecule has 4 amide bonds. The number of nitrogens with one attached hydrogen (secondary N) is 1. The number of piperazine rings is 1. The fourth-order valence-corrected chi connectivity index (χ4v) is 5.45. The van der Waals surface area contributed by atoms with Crippen LogP contribution in [-0.2, 0) is 9.59 Å². The first-order valence-corrected chi connectivity index (χ1v) is 12.8. The molecule has 2 saturated heterocycles. The summed E-state index contributed by atoms with van der Waals surface area (Å²) in [5.74, 6) is 1.14. The van der Waals surface area contributed by atoms with Crippen LogP contribution >= 0.6 is 0 Å². The maximum atomic E-state index is 13.0. The minimum Gasteiger partial charge on any atom is -0.339 e. The van der Waals surface area contributed by atoms with Gasteiger partial charge in [0.15, 0.2) is 0 Å². The lowest BCUT2D eigenvalue weighted by Crippen LogP contribution is -2.53. The molecule has 4 rings (SSSR count). The predicted octanol–water partition coefficient (Wildman–Crippen LogP) is 3.96. The number of hydrogen-bond acceptors (Lipinski definition) is 3. The van der Waals surface area contributed by atoms with E-state index < -0.39 is 0 Å². The second-order valence-electron chi connectivity index (χ2n) is 9.81. The Kier molecular flexibility index (Phi) is 8.24. The van der Waals surface area contributed by atoms with E-state index in [0.29, 0.717) is 58.5 Å². The molecule has 0 radical (unpaired) electrons. The van der Waals surface area contributed by atoms with Gasteiger partial charge in [-0.2, -0.15) is 0 Å². The number of amides is 4. The van der Waals surface area contributed by atoms with Crippen LogP contribution in [0.15, 0.2) is 30.3 Å². The van der Waals surface area contributed by atoms with Crippen molar-refractivity contribution in [1.29, 1.82) is 0 Å². The Morgan fingerprint density at radius 1 is 0.758 bits per heavy atom. The van der Waals surface area contributed by atoms with E-state index in [-0.39, 0.29) is 23.8 Å². The molecule has 0 atom stereocenters. The molecule has 0 aromatic heterocycles. The van der Waals surface area contributed by atoms with Gasteiger partial charge < -0.3 is 20.0 Å². The van der Waals surface area contributed by atoms with Gasteiger partial charge in [0.25, 0.3) is 0 Å². The molecule has 33 heavy (non-hydrogen) atoms. The number of hydrogen-bond donors (Lipinski definition) is 1. The molecule has 1 saturated carbocycles. The van der Waals surface area contributed by atoms with E-state index in [2.05, 4.69) is 5.32 Å². The van der Waals surface area contributed by atoms with E-state index in [1.165, 1.54) is 32.1 Å². The van der Waals surface area contributed by atoms with Crippen LogP contribution in [0.3, 0.4) is 0 Å². The van der Waals surface area contributed by atoms with Gasteiger partial charge in [0, 0.05) is 57.3 Å². The summed E-state index contributed by atoms with van der Waals surface area (Å²) in [6, 6.07) is 9.34. The molecule has 3 aliphatic rings. The predicted molar refractivity (Wildman–Crippen MR) is 129 cm³/mol. The van der Waals surface area contributed by atoms with E-state index in [4.69, 9.17) is 0 Å². The number of anilines is 1. The SMILES string of the molecule is O=C(CCC1CCCCC1)N1CCN(C(=O)C2CCN(C(=O)Nc3ccccc3)CC2)CC1. The molecule has 7 heteroatoms. The van der Waals surface area contributed by atoms with Gasteiger partial charge in [-0.05, 0) is 37.3 Å². The molecule has 0 spiro atoms. The Morgan fingerprint density at radius 2 is 1.39 bits per heavy atom. The number of carbonyl (C=O) groups is 3. The topological polar surface area (TPSA) is 73.0 Å². The Bertz CT molecular complexity index is 793. The Hall–Kier alpha value is -2.57. The van der Waals surface area contributed by atoms with Crippen molar-refractivity contribution in [2.24, 2.45) is 11.8 Å². The van der Waals surface area contributed by atoms with Crippen molar-refractivity contribution >= 4 is 23.5 Å². The fourth-order valence-electron chi connectivity index (χ4n) is 5.45. The Balaban J connectivity index is 1.15. The quantitative estimate of drug-likeness (QED) is 0.732. The summed E-state index contributed by atoms with van der Waals surface area (Å²) < 4.78 is 0. The number of urea groups is 1. The first-order valence-electron chi connectivity index (χ1n) is 12.8. The highest BCUT2D eigenvalue weighted by Crippen LogP contribution is 2.28. The van der Waals surface area contributed by atoms with Crippen molar-refractivity contribution in [2.75, 3.05) is 44.6 Å². The van der Waals surface area contributed by atoms with Gasteiger partial charge in [0.2, 0.25) is 11.8 Å². The summed E-state index contributed by atoms with van der Waals surface area (Å²) in [4.78, 5) is 43.8. The first-order chi connectivity index (χ1) is 16.1. The summed E-state index contributed by atoms with van der Waals surface area (Å²) in [7, 11) is 0. The van der Waals surface area contributed by atoms with E-state index in [1.807, 2.05) is 40.1 Å². The number of piperidine rings is 1. The highest BCUT2D eigenvalue weighted by atomic mass is 16.2. The van der Waals surface area contributed by atoms with Crippen LogP contribution in [0.4, 0.5) is 10.5 Å². The molecular weight excluding hydrogens is 416 g/mol. The van der Waals surface area contributed by atoms with E-state index in [9.17, 15) is 14.4 Å². The smallest absolute Gasteiger partial charge is 0.321 e. The van der Waals surface area contributed by atoms with Gasteiger partial charge in [0.05, 0.1) is 0 Å². The van der Waals surface area contributed by atoms with E-state index in [0.717, 1.165) is 18.0 Å². The molecule has 2 aliphatic heterocycles. The van der Waals surface area contributed by atoms with Crippen molar-refractivity contribution in [2.45, 2.75) is 57.8 Å². The molecule has 0 unspecified atom stereocenters. The zero-order valence-electron chi connectivity index (χ0n) is 19.7. The number of likely N-dealkylation sites (tertiary alicyclic amines) is 1. The maximum Gasteiger partial charge on any atom is 0.321 e. The van der Waals surface area contributed by atoms with Crippen molar-refractivity contribution in [3.8, 4) is 0 Å². The standard InChI is InChI=1S/C26H38N4O3/c31-24(12-11-21-7-3-1-4-8-21)28-17-19-29(20-18-28)25(32)22-13-15-30(16-14-22)26(33)27-23-9-5-2-6-10-23/h2,5-6,9-10,21-22H,1,3-4,7-8,11-20H2,(H,27,33). The number of benzene rings is 1. The van der Waals surface area contributed by atoms with E-state index in [1.54, 1.807) is 4.90 Å². The molecule has 1 aromatic carbocycles. The minimum absolute atomic E-state index is 0.0284. The number of rotatable bonds is 5. The van der Waals surface area contributed by atoms with Crippen LogP contribution in [-0.4, -0.2) is 71.8 Å². The number of para-hydroxylation sites is 1. The summed E-state index contributed by atoms with van der Waals surface area (Å²) in [6.45, 7) is 3.73. The zero-order valence-corrected chi connectivity index (χ0v) is 19.7. The third-order valence-corrected chi connectivity index (χ3v) is 7.59. The molecule has 1 N–H and O–H groups in total. The van der Waals surface area contributed by atoms with E-state index >= 15 is 0 Å². The molecule has 0 bridgehead atoms. The highest BCUT2D eigenvalue weighted by Gasteiger charge is 2.32. The second kappa shape index (κ2) is 11.5.